The first kappa shape index (κ1) is 16.6. The van der Waals surface area contributed by atoms with Crippen LogP contribution in [0.25, 0.3) is 0 Å². The number of nitrogens with zero attached hydrogens (tertiary/aromatic N) is 1. The van der Waals surface area contributed by atoms with E-state index >= 15 is 0 Å². The summed E-state index contributed by atoms with van der Waals surface area (Å²) in [6.07, 6.45) is 2.90. The molecular weight excluding hydrogens is 309 g/mol. The minimum Gasteiger partial charge on any atom is -0.481 e. The Morgan fingerprint density at radius 1 is 1.48 bits per heavy atom. The predicted octanol–water partition coefficient (Wildman–Crippen LogP) is 4.01. The number of rotatable bonds is 3. The van der Waals surface area contributed by atoms with Gasteiger partial charge in [-0.25, -0.2) is 0 Å². The molecule has 1 N–H and O–H groups in total. The van der Waals surface area contributed by atoms with Crippen LogP contribution in [0.1, 0.15) is 37.8 Å². The van der Waals surface area contributed by atoms with E-state index in [1.165, 1.54) is 0 Å². The second-order valence-electron chi connectivity index (χ2n) is 6.18. The van der Waals surface area contributed by atoms with Crippen LogP contribution in [0, 0.1) is 11.3 Å². The maximum Gasteiger partial charge on any atom is 0.311 e. The van der Waals surface area contributed by atoms with E-state index in [0.717, 1.165) is 36.4 Å². The van der Waals surface area contributed by atoms with Gasteiger partial charge in [0.1, 0.15) is 0 Å². The highest BCUT2D eigenvalue weighted by atomic mass is 35.5. The Labute approximate surface area is 136 Å². The van der Waals surface area contributed by atoms with Crippen LogP contribution in [0.15, 0.2) is 24.3 Å². The molecule has 116 valence electrons. The number of aliphatic carboxylic acids is 1. The number of hydrogen-bond donors (Lipinski definition) is 1. The van der Waals surface area contributed by atoms with Crippen LogP contribution in [-0.2, 0) is 4.79 Å². The number of benzene rings is 1. The lowest BCUT2D eigenvalue weighted by molar-refractivity contribution is -0.149. The third-order valence-electron chi connectivity index (χ3n) is 5.23. The molecule has 1 aromatic rings. The third-order valence-corrected chi connectivity index (χ3v) is 5.57. The van der Waals surface area contributed by atoms with Gasteiger partial charge in [-0.1, -0.05) is 36.2 Å². The molecule has 0 aromatic heterocycles. The van der Waals surface area contributed by atoms with Crippen LogP contribution in [0.5, 0.6) is 0 Å². The molecule has 3 atom stereocenters. The topological polar surface area (TPSA) is 40.5 Å². The van der Waals surface area contributed by atoms with Gasteiger partial charge >= 0.3 is 5.97 Å². The molecule has 1 aromatic carbocycles. The minimum absolute atomic E-state index is 0. The van der Waals surface area contributed by atoms with Crippen molar-refractivity contribution in [3.63, 3.8) is 0 Å². The van der Waals surface area contributed by atoms with Crippen LogP contribution in [0.4, 0.5) is 0 Å². The van der Waals surface area contributed by atoms with Crippen molar-refractivity contribution in [3.05, 3.63) is 34.9 Å². The van der Waals surface area contributed by atoms with Crippen molar-refractivity contribution in [1.82, 2.24) is 4.90 Å². The molecule has 1 aliphatic carbocycles. The fourth-order valence-corrected chi connectivity index (χ4v) is 4.28. The van der Waals surface area contributed by atoms with Gasteiger partial charge in [-0.15, -0.1) is 12.4 Å². The highest BCUT2D eigenvalue weighted by molar-refractivity contribution is 6.31. The number of carboxylic acid groups (broad SMARTS) is 1. The van der Waals surface area contributed by atoms with Gasteiger partial charge in [-0.3, -0.25) is 9.69 Å². The Morgan fingerprint density at radius 3 is 2.81 bits per heavy atom. The molecule has 2 aliphatic rings. The number of fused-ring (bicyclic) bond motifs is 1. The lowest BCUT2D eigenvalue weighted by atomic mass is 9.81. The molecule has 1 aliphatic heterocycles. The fourth-order valence-electron chi connectivity index (χ4n) is 3.98. The van der Waals surface area contributed by atoms with Crippen LogP contribution in [0.2, 0.25) is 5.02 Å². The number of carboxylic acids is 1. The molecule has 5 heteroatoms. The monoisotopic (exact) mass is 329 g/mol. The fraction of sp³-hybridized carbons (Fsp3) is 0.562. The lowest BCUT2D eigenvalue weighted by Gasteiger charge is -2.28. The number of hydrogen-bond acceptors (Lipinski definition) is 2. The SMILES string of the molecule is CC(c1ccccc1Cl)N1C[C@@H]2CCC[C@@]2(C(=O)O)C1.Cl. The number of likely N-dealkylation sites (tertiary alicyclic amines) is 1. The van der Waals surface area contributed by atoms with E-state index in [0.29, 0.717) is 12.5 Å². The average molecular weight is 330 g/mol. The summed E-state index contributed by atoms with van der Waals surface area (Å²) in [5.74, 6) is -0.321. The zero-order valence-electron chi connectivity index (χ0n) is 12.1. The Morgan fingerprint density at radius 2 is 2.19 bits per heavy atom. The highest BCUT2D eigenvalue weighted by Crippen LogP contribution is 2.50. The van der Waals surface area contributed by atoms with Gasteiger partial charge in [-0.05, 0) is 37.3 Å². The van der Waals surface area contributed by atoms with Gasteiger partial charge in [0.15, 0.2) is 0 Å². The van der Waals surface area contributed by atoms with Crippen molar-refractivity contribution in [3.8, 4) is 0 Å². The van der Waals surface area contributed by atoms with Crippen LogP contribution < -0.4 is 0 Å². The zero-order chi connectivity index (χ0) is 14.3. The summed E-state index contributed by atoms with van der Waals surface area (Å²) in [7, 11) is 0. The second-order valence-corrected chi connectivity index (χ2v) is 6.58. The molecule has 1 saturated heterocycles. The molecule has 0 bridgehead atoms. The summed E-state index contributed by atoms with van der Waals surface area (Å²) in [6.45, 7) is 3.65. The highest BCUT2D eigenvalue weighted by Gasteiger charge is 2.55. The van der Waals surface area contributed by atoms with Gasteiger partial charge in [-0.2, -0.15) is 0 Å². The normalized spacial score (nSPS) is 29.7. The summed E-state index contributed by atoms with van der Waals surface area (Å²) >= 11 is 6.27. The predicted molar refractivity (Wildman–Crippen MR) is 86.1 cm³/mol. The molecule has 0 radical (unpaired) electrons. The summed E-state index contributed by atoms with van der Waals surface area (Å²) in [6, 6.07) is 8.02. The van der Waals surface area contributed by atoms with Crippen LogP contribution in [-0.4, -0.2) is 29.1 Å². The van der Waals surface area contributed by atoms with E-state index in [9.17, 15) is 9.90 Å². The Kier molecular flexibility index (Phi) is 4.86. The molecular formula is C16H21Cl2NO2. The molecule has 1 saturated carbocycles. The summed E-state index contributed by atoms with van der Waals surface area (Å²) < 4.78 is 0. The number of carbonyl (C=O) groups is 1. The van der Waals surface area contributed by atoms with Crippen molar-refractivity contribution in [2.24, 2.45) is 11.3 Å². The quantitative estimate of drug-likeness (QED) is 0.910. The van der Waals surface area contributed by atoms with Crippen molar-refractivity contribution in [2.75, 3.05) is 13.1 Å². The summed E-state index contributed by atoms with van der Waals surface area (Å²) in [4.78, 5) is 14.0. The van der Waals surface area contributed by atoms with E-state index < -0.39 is 11.4 Å². The van der Waals surface area contributed by atoms with E-state index in [-0.39, 0.29) is 18.4 Å². The number of halogens is 2. The first-order valence-corrected chi connectivity index (χ1v) is 7.64. The standard InChI is InChI=1S/C16H20ClNO2.ClH/c1-11(13-6-2-3-7-14(13)17)18-9-12-5-4-8-16(12,10-18)15(19)20;/h2-3,6-7,11-12H,4-5,8-10H2,1H3,(H,19,20);1H/t11?,12-,16+;/m0./s1. The Bertz CT molecular complexity index is 537. The van der Waals surface area contributed by atoms with E-state index in [1.807, 2.05) is 24.3 Å². The van der Waals surface area contributed by atoms with E-state index in [1.54, 1.807) is 0 Å². The van der Waals surface area contributed by atoms with Crippen molar-refractivity contribution < 1.29 is 9.90 Å². The molecule has 1 heterocycles. The second kappa shape index (κ2) is 6.15. The van der Waals surface area contributed by atoms with Crippen LogP contribution in [0.3, 0.4) is 0 Å². The summed E-state index contributed by atoms with van der Waals surface area (Å²) in [5, 5.41) is 10.4. The third kappa shape index (κ3) is 2.67. The van der Waals surface area contributed by atoms with Gasteiger partial charge in [0.25, 0.3) is 0 Å². The molecule has 21 heavy (non-hydrogen) atoms. The van der Waals surface area contributed by atoms with Crippen LogP contribution >= 0.6 is 24.0 Å². The average Bonchev–Trinajstić information content (AvgIpc) is 2.96. The Hall–Kier alpha value is -0.770. The van der Waals surface area contributed by atoms with Gasteiger partial charge < -0.3 is 5.11 Å². The molecule has 3 rings (SSSR count). The van der Waals surface area contributed by atoms with E-state index in [4.69, 9.17) is 11.6 Å². The zero-order valence-corrected chi connectivity index (χ0v) is 13.7. The maximum absolute atomic E-state index is 11.7. The van der Waals surface area contributed by atoms with Gasteiger partial charge in [0.2, 0.25) is 0 Å². The minimum atomic E-state index is -0.617. The lowest BCUT2D eigenvalue weighted by Crippen LogP contribution is -2.36. The summed E-state index contributed by atoms with van der Waals surface area (Å²) in [5.41, 5.74) is 0.574. The van der Waals surface area contributed by atoms with E-state index in [2.05, 4.69) is 11.8 Å². The first-order chi connectivity index (χ1) is 9.54. The Balaban J connectivity index is 0.00000161. The van der Waals surface area contributed by atoms with Crippen molar-refractivity contribution in [2.45, 2.75) is 32.2 Å². The smallest absolute Gasteiger partial charge is 0.311 e. The molecule has 3 nitrogen and oxygen atoms in total. The van der Waals surface area contributed by atoms with Gasteiger partial charge in [0, 0.05) is 24.2 Å². The molecule has 2 fully saturated rings. The largest absolute Gasteiger partial charge is 0.481 e. The first-order valence-electron chi connectivity index (χ1n) is 7.26. The van der Waals surface area contributed by atoms with Crippen molar-refractivity contribution in [1.29, 1.82) is 0 Å². The molecule has 0 spiro atoms. The van der Waals surface area contributed by atoms with Gasteiger partial charge in [0.05, 0.1) is 5.41 Å². The maximum atomic E-state index is 11.7. The molecule has 1 unspecified atom stereocenters. The van der Waals surface area contributed by atoms with Crippen molar-refractivity contribution >= 4 is 30.0 Å². The molecule has 0 amide bonds.